The van der Waals surface area contributed by atoms with Gasteiger partial charge in [-0.25, -0.2) is 18.0 Å². The molecule has 0 aliphatic rings. The van der Waals surface area contributed by atoms with E-state index < -0.39 is 23.5 Å². The SMILES string of the molecule is CCOCCCN(CC(=O)N(Cc1ccc(F)cc1)Cc1ccc(C)o1)C(=O)Nc1ccc(F)c(F)c1. The van der Waals surface area contributed by atoms with E-state index in [4.69, 9.17) is 9.15 Å². The average molecular weight is 518 g/mol. The minimum atomic E-state index is -1.10. The highest BCUT2D eigenvalue weighted by Gasteiger charge is 2.23. The lowest BCUT2D eigenvalue weighted by Gasteiger charge is -2.27. The molecule has 3 rings (SSSR count). The van der Waals surface area contributed by atoms with E-state index in [0.717, 1.165) is 12.1 Å². The molecule has 0 saturated carbocycles. The standard InChI is InChI=1S/C27H30F3N3O4/c1-3-36-14-4-13-32(27(35)31-22-10-12-24(29)25(30)15-22)18-26(34)33(17-23-11-5-19(2)37-23)16-20-6-8-21(28)9-7-20/h5-12,15H,3-4,13-14,16-18H2,1-2H3,(H,31,35). The first-order chi connectivity index (χ1) is 17.7. The average Bonchev–Trinajstić information content (AvgIpc) is 3.28. The number of hydrogen-bond donors (Lipinski definition) is 1. The molecule has 3 aromatic rings. The van der Waals surface area contributed by atoms with Crippen molar-refractivity contribution in [3.05, 3.63) is 89.1 Å². The van der Waals surface area contributed by atoms with Crippen molar-refractivity contribution in [2.24, 2.45) is 0 Å². The van der Waals surface area contributed by atoms with Crippen LogP contribution in [0.3, 0.4) is 0 Å². The molecule has 0 saturated heterocycles. The second-order valence-corrected chi connectivity index (χ2v) is 8.42. The van der Waals surface area contributed by atoms with Crippen molar-refractivity contribution in [1.29, 1.82) is 0 Å². The number of nitrogens with zero attached hydrogens (tertiary/aromatic N) is 2. The Morgan fingerprint density at radius 2 is 1.70 bits per heavy atom. The van der Waals surface area contributed by atoms with Gasteiger partial charge in [0, 0.05) is 38.1 Å². The minimum absolute atomic E-state index is 0.0559. The normalized spacial score (nSPS) is 10.8. The number of anilines is 1. The molecule has 1 heterocycles. The molecule has 0 aliphatic carbocycles. The molecular formula is C27H30F3N3O4. The molecule has 7 nitrogen and oxygen atoms in total. The topological polar surface area (TPSA) is 75.0 Å². The Kier molecular flexibility index (Phi) is 10.1. The van der Waals surface area contributed by atoms with Crippen LogP contribution in [0.5, 0.6) is 0 Å². The van der Waals surface area contributed by atoms with Gasteiger partial charge in [-0.05, 0) is 62.2 Å². The first-order valence-electron chi connectivity index (χ1n) is 11.9. The zero-order valence-electron chi connectivity index (χ0n) is 20.8. The number of urea groups is 1. The van der Waals surface area contributed by atoms with E-state index in [1.807, 2.05) is 6.92 Å². The summed E-state index contributed by atoms with van der Waals surface area (Å²) < 4.78 is 51.3. The van der Waals surface area contributed by atoms with Crippen LogP contribution in [0.25, 0.3) is 0 Å². The molecular weight excluding hydrogens is 487 g/mol. The van der Waals surface area contributed by atoms with E-state index in [0.29, 0.717) is 36.7 Å². The largest absolute Gasteiger partial charge is 0.464 e. The molecule has 0 atom stereocenters. The highest BCUT2D eigenvalue weighted by atomic mass is 19.2. The van der Waals surface area contributed by atoms with Gasteiger partial charge in [0.2, 0.25) is 5.91 Å². The monoisotopic (exact) mass is 517 g/mol. The summed E-state index contributed by atoms with van der Waals surface area (Å²) in [6.07, 6.45) is 0.460. The van der Waals surface area contributed by atoms with E-state index in [-0.39, 0.29) is 37.8 Å². The fraction of sp³-hybridized carbons (Fsp3) is 0.333. The lowest BCUT2D eigenvalue weighted by atomic mass is 10.2. The number of benzene rings is 2. The van der Waals surface area contributed by atoms with Crippen LogP contribution in [0, 0.1) is 24.4 Å². The molecule has 3 amide bonds. The first kappa shape index (κ1) is 27.8. The summed E-state index contributed by atoms with van der Waals surface area (Å²) in [6.45, 7) is 4.73. The van der Waals surface area contributed by atoms with Gasteiger partial charge in [-0.1, -0.05) is 12.1 Å². The third kappa shape index (κ3) is 8.68. The first-order valence-corrected chi connectivity index (χ1v) is 11.9. The van der Waals surface area contributed by atoms with Crippen molar-refractivity contribution in [3.63, 3.8) is 0 Å². The van der Waals surface area contributed by atoms with Gasteiger partial charge in [-0.15, -0.1) is 0 Å². The minimum Gasteiger partial charge on any atom is -0.464 e. The van der Waals surface area contributed by atoms with Crippen molar-refractivity contribution in [3.8, 4) is 0 Å². The third-order valence-electron chi connectivity index (χ3n) is 5.49. The number of halogens is 3. The molecule has 1 N–H and O–H groups in total. The maximum absolute atomic E-state index is 13.6. The predicted octanol–water partition coefficient (Wildman–Crippen LogP) is 5.49. The molecule has 37 heavy (non-hydrogen) atoms. The number of carbonyl (C=O) groups is 2. The van der Waals surface area contributed by atoms with Crippen LogP contribution in [0.15, 0.2) is 59.0 Å². The molecule has 0 aliphatic heterocycles. The van der Waals surface area contributed by atoms with Gasteiger partial charge in [-0.3, -0.25) is 4.79 Å². The summed E-state index contributed by atoms with van der Waals surface area (Å²) in [5.41, 5.74) is 0.757. The van der Waals surface area contributed by atoms with Gasteiger partial charge in [0.15, 0.2) is 11.6 Å². The molecule has 1 aromatic heterocycles. The van der Waals surface area contributed by atoms with Gasteiger partial charge in [-0.2, -0.15) is 0 Å². The number of nitrogens with one attached hydrogen (secondary N) is 1. The summed E-state index contributed by atoms with van der Waals surface area (Å²) in [6, 6.07) is 11.7. The van der Waals surface area contributed by atoms with Crippen molar-refractivity contribution in [2.75, 3.05) is 31.6 Å². The Morgan fingerprint density at radius 1 is 0.946 bits per heavy atom. The number of ether oxygens (including phenoxy) is 1. The van der Waals surface area contributed by atoms with Gasteiger partial charge in [0.25, 0.3) is 0 Å². The van der Waals surface area contributed by atoms with Crippen LogP contribution in [-0.2, 0) is 22.6 Å². The van der Waals surface area contributed by atoms with E-state index in [2.05, 4.69) is 5.32 Å². The molecule has 0 unspecified atom stereocenters. The fourth-order valence-electron chi connectivity index (χ4n) is 3.59. The Morgan fingerprint density at radius 3 is 2.35 bits per heavy atom. The molecule has 0 fully saturated rings. The maximum atomic E-state index is 13.6. The molecule has 2 aromatic carbocycles. The molecule has 10 heteroatoms. The van der Waals surface area contributed by atoms with Crippen LogP contribution < -0.4 is 5.32 Å². The lowest BCUT2D eigenvalue weighted by molar-refractivity contribution is -0.133. The summed E-state index contributed by atoms with van der Waals surface area (Å²) in [7, 11) is 0. The highest BCUT2D eigenvalue weighted by molar-refractivity contribution is 5.92. The second-order valence-electron chi connectivity index (χ2n) is 8.42. The van der Waals surface area contributed by atoms with Gasteiger partial charge >= 0.3 is 6.03 Å². The van der Waals surface area contributed by atoms with E-state index in [9.17, 15) is 22.8 Å². The zero-order valence-corrected chi connectivity index (χ0v) is 20.8. The second kappa shape index (κ2) is 13.5. The predicted molar refractivity (Wildman–Crippen MR) is 132 cm³/mol. The van der Waals surface area contributed by atoms with Crippen LogP contribution in [0.4, 0.5) is 23.7 Å². The van der Waals surface area contributed by atoms with Crippen molar-refractivity contribution < 1.29 is 31.9 Å². The van der Waals surface area contributed by atoms with Gasteiger partial charge < -0.3 is 24.3 Å². The van der Waals surface area contributed by atoms with Crippen LogP contribution in [-0.4, -0.2) is 48.0 Å². The molecule has 0 bridgehead atoms. The number of furan rings is 1. The quantitative estimate of drug-likeness (QED) is 0.322. The Bertz CT molecular complexity index is 1180. The van der Waals surface area contributed by atoms with E-state index in [1.165, 1.54) is 28.0 Å². The van der Waals surface area contributed by atoms with Crippen LogP contribution in [0.2, 0.25) is 0 Å². The van der Waals surface area contributed by atoms with Crippen molar-refractivity contribution in [1.82, 2.24) is 9.80 Å². The fourth-order valence-corrected chi connectivity index (χ4v) is 3.59. The number of aryl methyl sites for hydroxylation is 1. The number of rotatable bonds is 12. The number of hydrogen-bond acceptors (Lipinski definition) is 4. The van der Waals surface area contributed by atoms with E-state index >= 15 is 0 Å². The number of amides is 3. The van der Waals surface area contributed by atoms with E-state index in [1.54, 1.807) is 31.2 Å². The summed E-state index contributed by atoms with van der Waals surface area (Å²) in [5, 5.41) is 2.51. The van der Waals surface area contributed by atoms with Crippen LogP contribution in [0.1, 0.15) is 30.4 Å². The maximum Gasteiger partial charge on any atom is 0.322 e. The zero-order chi connectivity index (χ0) is 26.8. The van der Waals surface area contributed by atoms with Crippen LogP contribution >= 0.6 is 0 Å². The summed E-state index contributed by atoms with van der Waals surface area (Å²) >= 11 is 0. The van der Waals surface area contributed by atoms with Crippen molar-refractivity contribution in [2.45, 2.75) is 33.4 Å². The lowest BCUT2D eigenvalue weighted by Crippen LogP contribution is -2.44. The van der Waals surface area contributed by atoms with Crippen molar-refractivity contribution >= 4 is 17.6 Å². The Labute approximate surface area is 213 Å². The molecule has 0 radical (unpaired) electrons. The Hall–Kier alpha value is -3.79. The number of carbonyl (C=O) groups excluding carboxylic acids is 2. The molecule has 0 spiro atoms. The summed E-state index contributed by atoms with van der Waals surface area (Å²) in [4.78, 5) is 29.2. The van der Waals surface area contributed by atoms with Gasteiger partial charge in [0.05, 0.1) is 6.54 Å². The highest BCUT2D eigenvalue weighted by Crippen LogP contribution is 2.16. The Balaban J connectivity index is 1.77. The van der Waals surface area contributed by atoms with Gasteiger partial charge in [0.1, 0.15) is 23.9 Å². The third-order valence-corrected chi connectivity index (χ3v) is 5.49. The summed E-state index contributed by atoms with van der Waals surface area (Å²) in [5.74, 6) is -1.66. The smallest absolute Gasteiger partial charge is 0.322 e. The molecule has 198 valence electrons.